The van der Waals surface area contributed by atoms with Crippen LogP contribution in [-0.2, 0) is 17.7 Å². The summed E-state index contributed by atoms with van der Waals surface area (Å²) in [5.74, 6) is 2.58. The molecule has 3 heterocycles. The summed E-state index contributed by atoms with van der Waals surface area (Å²) in [5, 5.41) is 3.99. The van der Waals surface area contributed by atoms with Gasteiger partial charge < -0.3 is 18.6 Å². The number of carbonyl (C=O) groups is 1. The van der Waals surface area contributed by atoms with Crippen LogP contribution in [0.25, 0.3) is 0 Å². The van der Waals surface area contributed by atoms with Gasteiger partial charge in [0.15, 0.2) is 5.82 Å². The van der Waals surface area contributed by atoms with Crippen LogP contribution in [0, 0.1) is 0 Å². The number of carbonyl (C=O) groups excluding carboxylic acids is 1. The lowest BCUT2D eigenvalue weighted by Crippen LogP contribution is -2.35. The zero-order chi connectivity index (χ0) is 17.9. The summed E-state index contributed by atoms with van der Waals surface area (Å²) in [6.07, 6.45) is 4.38. The number of hydrogen-bond acceptors (Lipinski definition) is 7. The summed E-state index contributed by atoms with van der Waals surface area (Å²) in [6, 6.07) is 1.83. The van der Waals surface area contributed by atoms with Crippen LogP contribution in [0.1, 0.15) is 46.6 Å². The SMILES string of the molecule is CN(CCc1noc(C2CC2)n1)C(=O)c1coc(CN2CCOCC2)c1. The van der Waals surface area contributed by atoms with Gasteiger partial charge in [0.2, 0.25) is 5.89 Å². The molecule has 26 heavy (non-hydrogen) atoms. The molecular weight excluding hydrogens is 336 g/mol. The van der Waals surface area contributed by atoms with Gasteiger partial charge in [0.05, 0.1) is 25.3 Å². The van der Waals surface area contributed by atoms with Crippen LogP contribution in [0.5, 0.6) is 0 Å². The van der Waals surface area contributed by atoms with E-state index in [9.17, 15) is 4.79 Å². The van der Waals surface area contributed by atoms with Gasteiger partial charge in [-0.1, -0.05) is 5.16 Å². The quantitative estimate of drug-likeness (QED) is 0.743. The Labute approximate surface area is 152 Å². The average Bonchev–Trinajstić information content (AvgIpc) is 3.23. The second-order valence-electron chi connectivity index (χ2n) is 6.99. The van der Waals surface area contributed by atoms with Crippen molar-refractivity contribution in [3.8, 4) is 0 Å². The molecule has 2 aliphatic rings. The van der Waals surface area contributed by atoms with E-state index in [0.29, 0.717) is 36.8 Å². The molecule has 1 amide bonds. The lowest BCUT2D eigenvalue weighted by molar-refractivity contribution is 0.0313. The largest absolute Gasteiger partial charge is 0.467 e. The second-order valence-corrected chi connectivity index (χ2v) is 6.99. The smallest absolute Gasteiger partial charge is 0.256 e. The Bertz CT molecular complexity index is 746. The molecule has 2 aromatic rings. The van der Waals surface area contributed by atoms with E-state index in [2.05, 4.69) is 15.0 Å². The first-order chi connectivity index (χ1) is 12.7. The summed E-state index contributed by atoms with van der Waals surface area (Å²) in [4.78, 5) is 20.9. The predicted octanol–water partition coefficient (Wildman–Crippen LogP) is 1.69. The zero-order valence-electron chi connectivity index (χ0n) is 15.0. The number of hydrogen-bond donors (Lipinski definition) is 0. The first-order valence-electron chi connectivity index (χ1n) is 9.14. The lowest BCUT2D eigenvalue weighted by atomic mass is 10.2. The van der Waals surface area contributed by atoms with Crippen molar-refractivity contribution in [1.29, 1.82) is 0 Å². The van der Waals surface area contributed by atoms with Crippen LogP contribution in [0.2, 0.25) is 0 Å². The van der Waals surface area contributed by atoms with E-state index in [1.807, 2.05) is 6.07 Å². The number of amides is 1. The van der Waals surface area contributed by atoms with Gasteiger partial charge in [0.25, 0.3) is 5.91 Å². The Hall–Kier alpha value is -2.19. The Morgan fingerprint density at radius 2 is 2.15 bits per heavy atom. The van der Waals surface area contributed by atoms with Gasteiger partial charge in [-0.05, 0) is 18.9 Å². The first kappa shape index (κ1) is 17.2. The molecule has 4 rings (SSSR count). The molecule has 0 unspecified atom stereocenters. The maximum absolute atomic E-state index is 12.6. The van der Waals surface area contributed by atoms with Crippen molar-refractivity contribution in [3.05, 3.63) is 35.4 Å². The molecule has 140 valence electrons. The highest BCUT2D eigenvalue weighted by atomic mass is 16.5. The molecule has 0 bridgehead atoms. The normalized spacial score (nSPS) is 18.2. The van der Waals surface area contributed by atoms with Crippen molar-refractivity contribution in [2.75, 3.05) is 39.9 Å². The van der Waals surface area contributed by atoms with Crippen molar-refractivity contribution in [1.82, 2.24) is 19.9 Å². The van der Waals surface area contributed by atoms with E-state index in [1.54, 1.807) is 11.9 Å². The molecule has 0 N–H and O–H groups in total. The third kappa shape index (κ3) is 4.13. The fourth-order valence-electron chi connectivity index (χ4n) is 3.01. The highest BCUT2D eigenvalue weighted by molar-refractivity contribution is 5.93. The van der Waals surface area contributed by atoms with E-state index in [-0.39, 0.29) is 5.91 Å². The predicted molar refractivity (Wildman–Crippen MR) is 91.7 cm³/mol. The summed E-state index contributed by atoms with van der Waals surface area (Å²) < 4.78 is 16.2. The number of morpholine rings is 1. The van der Waals surface area contributed by atoms with Gasteiger partial charge in [0.1, 0.15) is 12.0 Å². The van der Waals surface area contributed by atoms with E-state index in [1.165, 1.54) is 6.26 Å². The highest BCUT2D eigenvalue weighted by Crippen LogP contribution is 2.38. The van der Waals surface area contributed by atoms with Crippen molar-refractivity contribution < 1.29 is 18.5 Å². The van der Waals surface area contributed by atoms with E-state index in [4.69, 9.17) is 13.7 Å². The van der Waals surface area contributed by atoms with Crippen molar-refractivity contribution >= 4 is 5.91 Å². The number of likely N-dealkylation sites (N-methyl/N-ethyl adjacent to an activating group) is 1. The molecule has 0 atom stereocenters. The van der Waals surface area contributed by atoms with Gasteiger partial charge in [0, 0.05) is 39.0 Å². The van der Waals surface area contributed by atoms with Gasteiger partial charge in [-0.25, -0.2) is 0 Å². The van der Waals surface area contributed by atoms with Gasteiger partial charge >= 0.3 is 0 Å². The molecule has 8 heteroatoms. The third-order valence-electron chi connectivity index (χ3n) is 4.81. The minimum absolute atomic E-state index is 0.0621. The Morgan fingerprint density at radius 1 is 1.35 bits per heavy atom. The van der Waals surface area contributed by atoms with Gasteiger partial charge in [-0.2, -0.15) is 4.98 Å². The number of nitrogens with zero attached hydrogens (tertiary/aromatic N) is 4. The van der Waals surface area contributed by atoms with Crippen LogP contribution in [-0.4, -0.2) is 65.7 Å². The fourth-order valence-corrected chi connectivity index (χ4v) is 3.01. The third-order valence-corrected chi connectivity index (χ3v) is 4.81. The molecule has 1 saturated heterocycles. The molecule has 2 aromatic heterocycles. The minimum atomic E-state index is -0.0621. The Balaban J connectivity index is 1.28. The van der Waals surface area contributed by atoms with Gasteiger partial charge in [-0.3, -0.25) is 9.69 Å². The number of rotatable bonds is 7. The van der Waals surface area contributed by atoms with Crippen LogP contribution >= 0.6 is 0 Å². The molecule has 1 aliphatic heterocycles. The molecule has 1 aliphatic carbocycles. The maximum atomic E-state index is 12.6. The summed E-state index contributed by atoms with van der Waals surface area (Å²) >= 11 is 0. The van der Waals surface area contributed by atoms with Crippen molar-refractivity contribution in [2.45, 2.75) is 31.7 Å². The molecule has 1 saturated carbocycles. The Morgan fingerprint density at radius 3 is 2.92 bits per heavy atom. The summed E-state index contributed by atoms with van der Waals surface area (Å²) in [5.41, 5.74) is 0.572. The van der Waals surface area contributed by atoms with Gasteiger partial charge in [-0.15, -0.1) is 0 Å². The summed E-state index contributed by atoms with van der Waals surface area (Å²) in [6.45, 7) is 4.50. The molecule has 2 fully saturated rings. The summed E-state index contributed by atoms with van der Waals surface area (Å²) in [7, 11) is 1.78. The van der Waals surface area contributed by atoms with Crippen molar-refractivity contribution in [3.63, 3.8) is 0 Å². The molecule has 8 nitrogen and oxygen atoms in total. The van der Waals surface area contributed by atoms with Crippen LogP contribution < -0.4 is 0 Å². The minimum Gasteiger partial charge on any atom is -0.467 e. The Kier molecular flexibility index (Phi) is 5.03. The maximum Gasteiger partial charge on any atom is 0.256 e. The zero-order valence-corrected chi connectivity index (χ0v) is 15.0. The number of aromatic nitrogens is 2. The molecule has 0 aromatic carbocycles. The standard InChI is InChI=1S/C18H24N4O4/c1-21(5-4-16-19-17(26-20-16)13-2-3-13)18(23)14-10-15(25-12-14)11-22-6-8-24-9-7-22/h10,12-13H,2-9,11H2,1H3. The van der Waals surface area contributed by atoms with E-state index >= 15 is 0 Å². The topological polar surface area (TPSA) is 84.8 Å². The van der Waals surface area contributed by atoms with E-state index < -0.39 is 0 Å². The lowest BCUT2D eigenvalue weighted by Gasteiger charge is -2.25. The van der Waals surface area contributed by atoms with Crippen molar-refractivity contribution in [2.24, 2.45) is 0 Å². The van der Waals surface area contributed by atoms with Crippen LogP contribution in [0.3, 0.4) is 0 Å². The monoisotopic (exact) mass is 360 g/mol. The molecular formula is C18H24N4O4. The second kappa shape index (κ2) is 7.59. The van der Waals surface area contributed by atoms with E-state index in [0.717, 1.165) is 50.8 Å². The first-order valence-corrected chi connectivity index (χ1v) is 9.14. The highest BCUT2D eigenvalue weighted by Gasteiger charge is 2.29. The fraction of sp³-hybridized carbons (Fsp3) is 0.611. The van der Waals surface area contributed by atoms with Crippen LogP contribution in [0.4, 0.5) is 0 Å². The number of ether oxygens (including phenoxy) is 1. The van der Waals surface area contributed by atoms with Crippen LogP contribution in [0.15, 0.2) is 21.3 Å². The molecule has 0 spiro atoms. The number of furan rings is 1. The molecule has 0 radical (unpaired) electrons. The average molecular weight is 360 g/mol.